The van der Waals surface area contributed by atoms with Crippen LogP contribution in [0.2, 0.25) is 0 Å². The summed E-state index contributed by atoms with van der Waals surface area (Å²) in [5.74, 6) is -0.258. The van der Waals surface area contributed by atoms with Crippen LogP contribution in [0.5, 0.6) is 0 Å². The Bertz CT molecular complexity index is 237. The third kappa shape index (κ3) is 4.78. The van der Waals surface area contributed by atoms with Crippen LogP contribution in [0.3, 0.4) is 0 Å². The predicted molar refractivity (Wildman–Crippen MR) is 50.2 cm³/mol. The molecule has 0 fully saturated rings. The highest BCUT2D eigenvalue weighted by Gasteiger charge is 2.27. The van der Waals surface area contributed by atoms with Crippen molar-refractivity contribution in [3.8, 4) is 0 Å². The summed E-state index contributed by atoms with van der Waals surface area (Å²) in [5, 5.41) is 17.6. The molecule has 13 heavy (non-hydrogen) atoms. The normalized spacial score (nSPS) is 13.2. The minimum atomic E-state index is -3.52. The van der Waals surface area contributed by atoms with E-state index in [1.165, 1.54) is 6.92 Å². The predicted octanol–water partition coefficient (Wildman–Crippen LogP) is -1.11. The minimum Gasteiger partial charge on any atom is -0.394 e. The summed E-state index contributed by atoms with van der Waals surface area (Å²) in [7, 11) is -3.52. The topological polar surface area (TPSA) is 86.6 Å². The second-order valence-corrected chi connectivity index (χ2v) is 5.21. The van der Waals surface area contributed by atoms with Crippen molar-refractivity contribution in [3.05, 3.63) is 0 Å². The van der Waals surface area contributed by atoms with Gasteiger partial charge in [0.05, 0.1) is 24.5 Å². The third-order valence-electron chi connectivity index (χ3n) is 1.45. The molecule has 0 amide bonds. The first-order chi connectivity index (χ1) is 5.89. The van der Waals surface area contributed by atoms with Crippen molar-refractivity contribution in [3.63, 3.8) is 0 Å². The van der Waals surface area contributed by atoms with Crippen molar-refractivity contribution < 1.29 is 18.6 Å². The molecule has 0 aromatic carbocycles. The van der Waals surface area contributed by atoms with Crippen LogP contribution in [0.1, 0.15) is 6.92 Å². The van der Waals surface area contributed by atoms with Gasteiger partial charge in [0, 0.05) is 5.88 Å². The maximum absolute atomic E-state index is 11.1. The number of halogens is 1. The Morgan fingerprint density at radius 1 is 1.38 bits per heavy atom. The van der Waals surface area contributed by atoms with Gasteiger partial charge in [-0.3, -0.25) is 0 Å². The molecule has 0 bridgehead atoms. The number of alkyl halides is 1. The van der Waals surface area contributed by atoms with Gasteiger partial charge in [0.2, 0.25) is 10.0 Å². The number of rotatable bonds is 6. The first-order valence-corrected chi connectivity index (χ1v) is 5.87. The van der Waals surface area contributed by atoms with Crippen LogP contribution in [0, 0.1) is 0 Å². The molecule has 0 aliphatic carbocycles. The third-order valence-corrected chi connectivity index (χ3v) is 3.40. The summed E-state index contributed by atoms with van der Waals surface area (Å²) in [6.07, 6.45) is 0. The van der Waals surface area contributed by atoms with E-state index in [0.717, 1.165) is 0 Å². The Morgan fingerprint density at radius 2 is 1.85 bits per heavy atom. The first-order valence-electron chi connectivity index (χ1n) is 3.68. The molecule has 0 aromatic rings. The lowest BCUT2D eigenvalue weighted by molar-refractivity contribution is 0.122. The molecule has 7 heteroatoms. The van der Waals surface area contributed by atoms with Crippen molar-refractivity contribution in [1.29, 1.82) is 0 Å². The molecular weight excluding hydrogens is 218 g/mol. The zero-order valence-corrected chi connectivity index (χ0v) is 8.90. The Balaban J connectivity index is 4.40. The first kappa shape index (κ1) is 13.1. The molecule has 0 unspecified atom stereocenters. The molecule has 5 nitrogen and oxygen atoms in total. The van der Waals surface area contributed by atoms with Gasteiger partial charge in [-0.2, -0.15) is 0 Å². The molecule has 3 N–H and O–H groups in total. The summed E-state index contributed by atoms with van der Waals surface area (Å²) in [4.78, 5) is 0. The lowest BCUT2D eigenvalue weighted by atomic mass is 10.1. The second kappa shape index (κ2) is 5.11. The van der Waals surface area contributed by atoms with Crippen LogP contribution in [0.4, 0.5) is 0 Å². The SMILES string of the molecule is CC(CO)(CO)NS(=O)(=O)CCCl. The van der Waals surface area contributed by atoms with Crippen LogP contribution in [0.15, 0.2) is 0 Å². The molecular formula is C6H14ClNO4S. The van der Waals surface area contributed by atoms with Gasteiger partial charge in [-0.25, -0.2) is 13.1 Å². The largest absolute Gasteiger partial charge is 0.394 e. The maximum Gasteiger partial charge on any atom is 0.213 e. The zero-order valence-electron chi connectivity index (χ0n) is 7.33. The van der Waals surface area contributed by atoms with Crippen molar-refractivity contribution in [2.75, 3.05) is 24.8 Å². The smallest absolute Gasteiger partial charge is 0.213 e. The summed E-state index contributed by atoms with van der Waals surface area (Å²) in [6.45, 7) is 0.467. The van der Waals surface area contributed by atoms with E-state index < -0.39 is 28.8 Å². The number of sulfonamides is 1. The van der Waals surface area contributed by atoms with Gasteiger partial charge in [-0.05, 0) is 6.92 Å². The Hall–Kier alpha value is 0.120. The van der Waals surface area contributed by atoms with E-state index in [-0.39, 0.29) is 11.6 Å². The van der Waals surface area contributed by atoms with Crippen molar-refractivity contribution in [2.24, 2.45) is 0 Å². The fourth-order valence-electron chi connectivity index (χ4n) is 0.643. The van der Waals surface area contributed by atoms with E-state index in [2.05, 4.69) is 4.72 Å². The average Bonchev–Trinajstić information content (AvgIpc) is 2.03. The fourth-order valence-corrected chi connectivity index (χ4v) is 2.44. The highest BCUT2D eigenvalue weighted by molar-refractivity contribution is 7.89. The van der Waals surface area contributed by atoms with Crippen molar-refractivity contribution >= 4 is 21.6 Å². The molecule has 0 saturated heterocycles. The number of hydrogen-bond acceptors (Lipinski definition) is 4. The van der Waals surface area contributed by atoms with E-state index in [4.69, 9.17) is 21.8 Å². The van der Waals surface area contributed by atoms with Gasteiger partial charge < -0.3 is 10.2 Å². The monoisotopic (exact) mass is 231 g/mol. The molecule has 0 saturated carbocycles. The molecule has 0 heterocycles. The molecule has 80 valence electrons. The van der Waals surface area contributed by atoms with E-state index in [1.54, 1.807) is 0 Å². The van der Waals surface area contributed by atoms with E-state index >= 15 is 0 Å². The quantitative estimate of drug-likeness (QED) is 0.506. The van der Waals surface area contributed by atoms with Gasteiger partial charge in [-0.1, -0.05) is 0 Å². The van der Waals surface area contributed by atoms with Crippen LogP contribution in [-0.2, 0) is 10.0 Å². The Morgan fingerprint density at radius 3 is 2.15 bits per heavy atom. The fraction of sp³-hybridized carbons (Fsp3) is 1.00. The maximum atomic E-state index is 11.1. The molecule has 0 spiro atoms. The van der Waals surface area contributed by atoms with Crippen molar-refractivity contribution in [2.45, 2.75) is 12.5 Å². The van der Waals surface area contributed by atoms with Crippen molar-refractivity contribution in [1.82, 2.24) is 4.72 Å². The Kier molecular flexibility index (Phi) is 5.16. The van der Waals surface area contributed by atoms with Crippen LogP contribution < -0.4 is 4.72 Å². The summed E-state index contributed by atoms with van der Waals surface area (Å²) >= 11 is 5.26. The van der Waals surface area contributed by atoms with Gasteiger partial charge >= 0.3 is 0 Å². The number of hydrogen-bond donors (Lipinski definition) is 3. The Labute approximate surface area is 82.8 Å². The van der Waals surface area contributed by atoms with Gasteiger partial charge in [0.25, 0.3) is 0 Å². The van der Waals surface area contributed by atoms with Gasteiger partial charge in [-0.15, -0.1) is 11.6 Å². The summed E-state index contributed by atoms with van der Waals surface area (Å²) in [6, 6.07) is 0. The number of aliphatic hydroxyl groups excluding tert-OH is 2. The number of nitrogens with one attached hydrogen (secondary N) is 1. The highest BCUT2D eigenvalue weighted by atomic mass is 35.5. The van der Waals surface area contributed by atoms with E-state index in [1.807, 2.05) is 0 Å². The van der Waals surface area contributed by atoms with Crippen LogP contribution in [-0.4, -0.2) is 49.0 Å². The van der Waals surface area contributed by atoms with Crippen LogP contribution >= 0.6 is 11.6 Å². The number of aliphatic hydroxyl groups is 2. The summed E-state index contributed by atoms with van der Waals surface area (Å²) in [5.41, 5.74) is -1.22. The van der Waals surface area contributed by atoms with Crippen LogP contribution in [0.25, 0.3) is 0 Å². The second-order valence-electron chi connectivity index (χ2n) is 2.99. The molecule has 0 radical (unpaired) electrons. The lowest BCUT2D eigenvalue weighted by Crippen LogP contribution is -2.52. The average molecular weight is 232 g/mol. The molecule has 0 aliphatic rings. The molecule has 0 aromatic heterocycles. The lowest BCUT2D eigenvalue weighted by Gasteiger charge is -2.25. The molecule has 0 aliphatic heterocycles. The van der Waals surface area contributed by atoms with E-state index in [9.17, 15) is 8.42 Å². The molecule has 0 atom stereocenters. The molecule has 0 rings (SSSR count). The highest BCUT2D eigenvalue weighted by Crippen LogP contribution is 2.03. The van der Waals surface area contributed by atoms with Gasteiger partial charge in [0.15, 0.2) is 0 Å². The van der Waals surface area contributed by atoms with E-state index in [0.29, 0.717) is 0 Å². The summed E-state index contributed by atoms with van der Waals surface area (Å²) < 4.78 is 24.5. The minimum absolute atomic E-state index is 0.0255. The standard InChI is InChI=1S/C6H14ClNO4S/c1-6(4-9,5-10)8-13(11,12)3-2-7/h8-10H,2-5H2,1H3. The zero-order chi connectivity index (χ0) is 10.5. The van der Waals surface area contributed by atoms with Gasteiger partial charge in [0.1, 0.15) is 0 Å².